The molecule has 1 aromatic heterocycles. The second-order valence-corrected chi connectivity index (χ2v) is 7.51. The van der Waals surface area contributed by atoms with E-state index in [1.807, 2.05) is 6.92 Å². The number of ketones is 1. The number of carbonyl (C=O) groups is 2. The van der Waals surface area contributed by atoms with Crippen molar-refractivity contribution >= 4 is 23.2 Å². The van der Waals surface area contributed by atoms with E-state index in [9.17, 15) is 19.2 Å². The van der Waals surface area contributed by atoms with Crippen molar-refractivity contribution in [1.29, 1.82) is 0 Å². The lowest BCUT2D eigenvalue weighted by atomic mass is 10.1. The number of H-pyrrole nitrogens is 1. The molecular weight excluding hydrogens is 428 g/mol. The van der Waals surface area contributed by atoms with Gasteiger partial charge in [0.2, 0.25) is 5.91 Å². The molecule has 0 unspecified atom stereocenters. The van der Waals surface area contributed by atoms with E-state index < -0.39 is 11.2 Å². The number of unbranched alkanes of at least 4 members (excludes halogenated alkanes) is 1. The van der Waals surface area contributed by atoms with Crippen molar-refractivity contribution in [1.82, 2.24) is 9.55 Å². The molecule has 0 radical (unpaired) electrons. The predicted molar refractivity (Wildman–Crippen MR) is 126 cm³/mol. The molecule has 2 aromatic rings. The average molecular weight is 461 g/mol. The average Bonchev–Trinajstić information content (AvgIpc) is 2.78. The molecule has 0 atom stereocenters. The summed E-state index contributed by atoms with van der Waals surface area (Å²) in [5.74, 6) is 0.487. The van der Waals surface area contributed by atoms with Crippen LogP contribution in [0.1, 0.15) is 56.8 Å². The zero-order chi connectivity index (χ0) is 24.5. The van der Waals surface area contributed by atoms with E-state index in [1.165, 1.54) is 23.5 Å². The Balaban J connectivity index is 2.09. The number of carbonyl (C=O) groups excluding carboxylic acids is 2. The number of benzene rings is 1. The van der Waals surface area contributed by atoms with Gasteiger partial charge >= 0.3 is 5.69 Å². The number of hydrogen-bond donors (Lipinski definition) is 2. The Labute approximate surface area is 192 Å². The fraction of sp³-hybridized carbons (Fsp3) is 0.478. The molecule has 0 saturated heterocycles. The van der Waals surface area contributed by atoms with Crippen LogP contribution in [0.2, 0.25) is 0 Å². The van der Waals surface area contributed by atoms with Crippen LogP contribution in [-0.4, -0.2) is 41.5 Å². The van der Waals surface area contributed by atoms with Crippen molar-refractivity contribution < 1.29 is 19.1 Å². The molecule has 180 valence electrons. The third kappa shape index (κ3) is 6.24. The highest BCUT2D eigenvalue weighted by molar-refractivity contribution is 5.95. The molecule has 0 bridgehead atoms. The van der Waals surface area contributed by atoms with Crippen LogP contribution in [0, 0.1) is 0 Å². The maximum Gasteiger partial charge on any atom is 0.330 e. The Bertz CT molecular complexity index is 1110. The maximum atomic E-state index is 12.9. The van der Waals surface area contributed by atoms with Gasteiger partial charge in [-0.15, -0.1) is 0 Å². The fourth-order valence-electron chi connectivity index (χ4n) is 3.38. The van der Waals surface area contributed by atoms with Crippen LogP contribution in [0.4, 0.5) is 11.5 Å². The first-order chi connectivity index (χ1) is 15.7. The molecule has 33 heavy (non-hydrogen) atoms. The van der Waals surface area contributed by atoms with E-state index in [2.05, 4.69) is 4.98 Å². The Morgan fingerprint density at radius 2 is 1.88 bits per heavy atom. The van der Waals surface area contributed by atoms with Gasteiger partial charge in [-0.05, 0) is 44.9 Å². The van der Waals surface area contributed by atoms with Gasteiger partial charge in [0.1, 0.15) is 5.82 Å². The third-order valence-corrected chi connectivity index (χ3v) is 5.20. The minimum atomic E-state index is -0.688. The van der Waals surface area contributed by atoms with Crippen LogP contribution < -0.4 is 31.4 Å². The highest BCUT2D eigenvalue weighted by atomic mass is 16.5. The van der Waals surface area contributed by atoms with Crippen molar-refractivity contribution in [2.75, 3.05) is 30.9 Å². The monoisotopic (exact) mass is 460 g/mol. The molecule has 0 aliphatic heterocycles. The predicted octanol–water partition coefficient (Wildman–Crippen LogP) is 2.34. The van der Waals surface area contributed by atoms with Crippen LogP contribution in [0.3, 0.4) is 0 Å². The zero-order valence-corrected chi connectivity index (χ0v) is 19.6. The number of methoxy groups -OCH3 is 1. The second kappa shape index (κ2) is 11.9. The number of anilines is 2. The fourth-order valence-corrected chi connectivity index (χ4v) is 3.38. The van der Waals surface area contributed by atoms with Gasteiger partial charge in [0.05, 0.1) is 13.7 Å². The smallest absolute Gasteiger partial charge is 0.330 e. The minimum Gasteiger partial charge on any atom is -0.493 e. The number of Topliss-reactive ketones (excluding diaryl/α,β-unsaturated/α-hetero) is 1. The molecule has 1 heterocycles. The van der Waals surface area contributed by atoms with Gasteiger partial charge in [0, 0.05) is 25.1 Å². The zero-order valence-electron chi connectivity index (χ0n) is 19.6. The summed E-state index contributed by atoms with van der Waals surface area (Å²) in [6.07, 6.45) is 2.04. The van der Waals surface area contributed by atoms with Crippen LogP contribution in [-0.2, 0) is 11.3 Å². The topological polar surface area (TPSA) is 137 Å². The van der Waals surface area contributed by atoms with E-state index in [4.69, 9.17) is 15.2 Å². The molecule has 0 fully saturated rings. The Morgan fingerprint density at radius 3 is 2.48 bits per heavy atom. The van der Waals surface area contributed by atoms with Gasteiger partial charge < -0.3 is 20.1 Å². The lowest BCUT2D eigenvalue weighted by Crippen LogP contribution is -2.41. The molecule has 1 amide bonds. The van der Waals surface area contributed by atoms with Crippen LogP contribution in [0.15, 0.2) is 27.8 Å². The third-order valence-electron chi connectivity index (χ3n) is 5.20. The van der Waals surface area contributed by atoms with Gasteiger partial charge in [0.25, 0.3) is 5.56 Å². The number of nitrogens with two attached hydrogens (primary N) is 1. The van der Waals surface area contributed by atoms with E-state index in [0.717, 1.165) is 6.42 Å². The van der Waals surface area contributed by atoms with Crippen LogP contribution >= 0.6 is 0 Å². The first-order valence-corrected chi connectivity index (χ1v) is 11.0. The normalized spacial score (nSPS) is 10.7. The summed E-state index contributed by atoms with van der Waals surface area (Å²) in [5, 5.41) is 0. The largest absolute Gasteiger partial charge is 0.493 e. The number of amides is 1. The summed E-state index contributed by atoms with van der Waals surface area (Å²) in [4.78, 5) is 52.5. The van der Waals surface area contributed by atoms with Gasteiger partial charge in [-0.1, -0.05) is 13.3 Å². The summed E-state index contributed by atoms with van der Waals surface area (Å²) >= 11 is 0. The molecule has 0 aliphatic carbocycles. The van der Waals surface area contributed by atoms with E-state index in [1.54, 1.807) is 25.1 Å². The molecule has 0 aliphatic rings. The summed E-state index contributed by atoms with van der Waals surface area (Å²) in [7, 11) is 1.48. The molecule has 10 heteroatoms. The summed E-state index contributed by atoms with van der Waals surface area (Å²) < 4.78 is 12.3. The number of nitrogen functional groups attached to an aromatic ring is 1. The summed E-state index contributed by atoms with van der Waals surface area (Å²) in [5.41, 5.74) is 5.34. The van der Waals surface area contributed by atoms with Crippen molar-refractivity contribution in [3.63, 3.8) is 0 Å². The van der Waals surface area contributed by atoms with Gasteiger partial charge in [-0.25, -0.2) is 4.79 Å². The minimum absolute atomic E-state index is 0.0133. The first kappa shape index (κ1) is 25.7. The number of aromatic amines is 1. The number of hydrogen-bond acceptors (Lipinski definition) is 7. The summed E-state index contributed by atoms with van der Waals surface area (Å²) in [6.45, 7) is 5.98. The van der Waals surface area contributed by atoms with E-state index in [-0.39, 0.29) is 42.8 Å². The molecule has 2 rings (SSSR count). The Hall–Kier alpha value is -3.56. The highest BCUT2D eigenvalue weighted by Crippen LogP contribution is 2.28. The molecule has 10 nitrogen and oxygen atoms in total. The lowest BCUT2D eigenvalue weighted by molar-refractivity contribution is -0.118. The Kier molecular flexibility index (Phi) is 9.26. The SMILES string of the molecule is CCCCn1c(N)c(N(CC)C(=O)CCCOc2ccc(C(C)=O)cc2OC)c(=O)[nH]c1=O. The number of ether oxygens (including phenoxy) is 2. The molecule has 0 spiro atoms. The van der Waals surface area contributed by atoms with Crippen LogP contribution in [0.25, 0.3) is 0 Å². The number of nitrogens with one attached hydrogen (secondary N) is 1. The summed E-state index contributed by atoms with van der Waals surface area (Å²) in [6, 6.07) is 4.90. The molecular formula is C23H32N4O6. The number of rotatable bonds is 12. The van der Waals surface area contributed by atoms with E-state index >= 15 is 0 Å². The number of nitrogens with zero attached hydrogens (tertiary/aromatic N) is 2. The first-order valence-electron chi connectivity index (χ1n) is 11.0. The lowest BCUT2D eigenvalue weighted by Gasteiger charge is -2.23. The highest BCUT2D eigenvalue weighted by Gasteiger charge is 2.22. The molecule has 1 aromatic carbocycles. The Morgan fingerprint density at radius 1 is 1.15 bits per heavy atom. The van der Waals surface area contributed by atoms with Crippen molar-refractivity contribution in [2.45, 2.75) is 53.0 Å². The van der Waals surface area contributed by atoms with Gasteiger partial charge in [-0.2, -0.15) is 0 Å². The van der Waals surface area contributed by atoms with Crippen molar-refractivity contribution in [2.24, 2.45) is 0 Å². The van der Waals surface area contributed by atoms with Gasteiger partial charge in [-0.3, -0.25) is 23.9 Å². The molecule has 0 saturated carbocycles. The maximum absolute atomic E-state index is 12.9. The quantitative estimate of drug-likeness (QED) is 0.366. The second-order valence-electron chi connectivity index (χ2n) is 7.51. The van der Waals surface area contributed by atoms with E-state index in [0.29, 0.717) is 36.4 Å². The van der Waals surface area contributed by atoms with Gasteiger partial charge in [0.15, 0.2) is 23.0 Å². The number of aromatic nitrogens is 2. The van der Waals surface area contributed by atoms with Crippen molar-refractivity contribution in [3.05, 3.63) is 44.6 Å². The molecule has 3 N–H and O–H groups in total. The van der Waals surface area contributed by atoms with Crippen molar-refractivity contribution in [3.8, 4) is 11.5 Å². The van der Waals surface area contributed by atoms with Crippen LogP contribution in [0.5, 0.6) is 11.5 Å². The standard InChI is InChI=1S/C23H32N4O6/c1-5-7-12-27-21(24)20(22(30)25-23(27)31)26(6-2)19(29)9-8-13-33-17-11-10-16(15(3)28)14-18(17)32-4/h10-11,14H,5-9,12-13,24H2,1-4H3,(H,25,30,31).